The Hall–Kier alpha value is -3.27. The van der Waals surface area contributed by atoms with E-state index in [1.54, 1.807) is 12.4 Å². The average Bonchev–Trinajstić information content (AvgIpc) is 2.77. The van der Waals surface area contributed by atoms with E-state index in [-0.39, 0.29) is 0 Å². The molecule has 0 amide bonds. The molecule has 1 saturated heterocycles. The molecule has 1 aliphatic rings. The second kappa shape index (κ2) is 10.2. The highest BCUT2D eigenvalue weighted by Crippen LogP contribution is 2.12. The molecule has 1 N–H and O–H groups in total. The predicted molar refractivity (Wildman–Crippen MR) is 112 cm³/mol. The molecule has 1 aliphatic heterocycles. The molecule has 28 heavy (non-hydrogen) atoms. The second-order valence-corrected chi connectivity index (χ2v) is 6.38. The lowest BCUT2D eigenvalue weighted by atomic mass is 10.1. The smallest absolute Gasteiger partial charge is 0.225 e. The highest BCUT2D eigenvalue weighted by Gasteiger charge is 2.20. The van der Waals surface area contributed by atoms with Gasteiger partial charge in [-0.2, -0.15) is 0 Å². The molecule has 7 nitrogen and oxygen atoms in total. The quantitative estimate of drug-likeness (QED) is 0.466. The molecule has 1 aromatic heterocycles. The van der Waals surface area contributed by atoms with Crippen molar-refractivity contribution in [3.05, 3.63) is 48.3 Å². The van der Waals surface area contributed by atoms with Gasteiger partial charge in [0.2, 0.25) is 5.95 Å². The molecule has 3 rings (SSSR count). The third kappa shape index (κ3) is 5.36. The van der Waals surface area contributed by atoms with Crippen LogP contribution in [0.15, 0.2) is 47.7 Å². The van der Waals surface area contributed by atoms with Crippen LogP contribution in [-0.2, 0) is 6.42 Å². The van der Waals surface area contributed by atoms with Gasteiger partial charge >= 0.3 is 0 Å². The highest BCUT2D eigenvalue weighted by molar-refractivity contribution is 5.80. The van der Waals surface area contributed by atoms with Gasteiger partial charge in [-0.05, 0) is 30.2 Å². The molecular weight excluding hydrogens is 352 g/mol. The molecule has 1 aromatic carbocycles. The zero-order valence-corrected chi connectivity index (χ0v) is 16.2. The van der Waals surface area contributed by atoms with E-state index < -0.39 is 0 Å². The van der Waals surface area contributed by atoms with Crippen LogP contribution in [0, 0.1) is 12.3 Å². The first-order chi connectivity index (χ1) is 13.8. The Morgan fingerprint density at radius 3 is 2.54 bits per heavy atom. The molecule has 0 spiro atoms. The van der Waals surface area contributed by atoms with Gasteiger partial charge < -0.3 is 19.9 Å². The van der Waals surface area contributed by atoms with Crippen LogP contribution in [0.5, 0.6) is 5.75 Å². The fourth-order valence-electron chi connectivity index (χ4n) is 3.10. The summed E-state index contributed by atoms with van der Waals surface area (Å²) in [5, 5.41) is 3.46. The summed E-state index contributed by atoms with van der Waals surface area (Å²) in [6.45, 7) is 4.64. The van der Waals surface area contributed by atoms with Gasteiger partial charge in [-0.1, -0.05) is 18.1 Å². The van der Waals surface area contributed by atoms with Gasteiger partial charge in [0.1, 0.15) is 12.4 Å². The Morgan fingerprint density at radius 2 is 1.89 bits per heavy atom. The van der Waals surface area contributed by atoms with Crippen LogP contribution in [0.3, 0.4) is 0 Å². The van der Waals surface area contributed by atoms with Gasteiger partial charge in [0, 0.05) is 52.2 Å². The van der Waals surface area contributed by atoms with Crippen LogP contribution < -0.4 is 15.0 Å². The molecule has 146 valence electrons. The predicted octanol–water partition coefficient (Wildman–Crippen LogP) is 1.43. The lowest BCUT2D eigenvalue weighted by Crippen LogP contribution is -2.53. The topological polar surface area (TPSA) is 65.9 Å². The largest absolute Gasteiger partial charge is 0.481 e. The Bertz CT molecular complexity index is 792. The fraction of sp³-hybridized carbons (Fsp3) is 0.381. The average molecular weight is 378 g/mol. The Balaban J connectivity index is 1.43. The molecule has 0 aliphatic carbocycles. The summed E-state index contributed by atoms with van der Waals surface area (Å²) in [5.74, 6) is 4.99. The lowest BCUT2D eigenvalue weighted by Gasteiger charge is -2.36. The SMILES string of the molecule is C#CCOc1ccc(CCNC(=NC)N2CCN(c3ncccn3)CC2)cc1. The van der Waals surface area contributed by atoms with E-state index in [9.17, 15) is 0 Å². The van der Waals surface area contributed by atoms with E-state index in [1.165, 1.54) is 5.56 Å². The van der Waals surface area contributed by atoms with Crippen molar-refractivity contribution in [1.29, 1.82) is 0 Å². The summed E-state index contributed by atoms with van der Waals surface area (Å²) >= 11 is 0. The number of ether oxygens (including phenoxy) is 1. The minimum Gasteiger partial charge on any atom is -0.481 e. The highest BCUT2D eigenvalue weighted by atomic mass is 16.5. The van der Waals surface area contributed by atoms with Crippen LogP contribution in [0.4, 0.5) is 5.95 Å². The fourth-order valence-corrected chi connectivity index (χ4v) is 3.10. The molecule has 7 heteroatoms. The van der Waals surface area contributed by atoms with Gasteiger partial charge in [0.05, 0.1) is 0 Å². The summed E-state index contributed by atoms with van der Waals surface area (Å²) in [4.78, 5) is 17.6. The first kappa shape index (κ1) is 19.5. The number of benzene rings is 1. The summed E-state index contributed by atoms with van der Waals surface area (Å²) in [5.41, 5.74) is 1.24. The second-order valence-electron chi connectivity index (χ2n) is 6.38. The number of rotatable bonds is 6. The van der Waals surface area contributed by atoms with Gasteiger partial charge in [-0.15, -0.1) is 6.42 Å². The standard InChI is InChI=1S/C21H26N6O/c1-3-17-28-19-7-5-18(6-8-19)9-12-25-20(22-2)26-13-15-27(16-14-26)21-23-10-4-11-24-21/h1,4-8,10-11H,9,12-17H2,2H3,(H,22,25). The number of nitrogens with zero attached hydrogens (tertiary/aromatic N) is 5. The van der Waals surface area contributed by atoms with Gasteiger partial charge in [0.25, 0.3) is 0 Å². The van der Waals surface area contributed by atoms with Crippen molar-refractivity contribution >= 4 is 11.9 Å². The van der Waals surface area contributed by atoms with E-state index in [4.69, 9.17) is 11.2 Å². The number of terminal acetylenes is 1. The number of aromatic nitrogens is 2. The van der Waals surface area contributed by atoms with Crippen LogP contribution in [0.2, 0.25) is 0 Å². The van der Waals surface area contributed by atoms with Crippen molar-refractivity contribution in [3.8, 4) is 18.1 Å². The molecule has 0 saturated carbocycles. The third-order valence-corrected chi connectivity index (χ3v) is 4.57. The van der Waals surface area contributed by atoms with E-state index >= 15 is 0 Å². The first-order valence-corrected chi connectivity index (χ1v) is 9.43. The molecule has 0 atom stereocenters. The number of piperazine rings is 1. The summed E-state index contributed by atoms with van der Waals surface area (Å²) in [6, 6.07) is 9.87. The number of anilines is 1. The summed E-state index contributed by atoms with van der Waals surface area (Å²) in [6.07, 6.45) is 9.68. The van der Waals surface area contributed by atoms with Crippen LogP contribution in [0.1, 0.15) is 5.56 Å². The van der Waals surface area contributed by atoms with E-state index in [1.807, 2.05) is 25.2 Å². The number of guanidine groups is 1. The maximum atomic E-state index is 5.40. The molecule has 1 fully saturated rings. The first-order valence-electron chi connectivity index (χ1n) is 9.43. The van der Waals surface area contributed by atoms with Gasteiger partial charge in [-0.25, -0.2) is 9.97 Å². The zero-order valence-electron chi connectivity index (χ0n) is 16.2. The normalized spacial score (nSPS) is 14.5. The van der Waals surface area contributed by atoms with Crippen molar-refractivity contribution in [3.63, 3.8) is 0 Å². The zero-order chi connectivity index (χ0) is 19.6. The number of hydrogen-bond acceptors (Lipinski definition) is 5. The monoisotopic (exact) mass is 378 g/mol. The molecule has 2 aromatic rings. The molecule has 2 heterocycles. The van der Waals surface area contributed by atoms with Crippen LogP contribution in [0.25, 0.3) is 0 Å². The van der Waals surface area contributed by atoms with E-state index in [2.05, 4.69) is 48.1 Å². The van der Waals surface area contributed by atoms with Crippen LogP contribution >= 0.6 is 0 Å². The Kier molecular flexibility index (Phi) is 7.08. The summed E-state index contributed by atoms with van der Waals surface area (Å²) < 4.78 is 5.40. The van der Waals surface area contributed by atoms with Crippen molar-refractivity contribution in [1.82, 2.24) is 20.2 Å². The van der Waals surface area contributed by atoms with Crippen molar-refractivity contribution < 1.29 is 4.74 Å². The molecule has 0 radical (unpaired) electrons. The number of aliphatic imine (C=N–C) groups is 1. The molecular formula is C21H26N6O. The van der Waals surface area contributed by atoms with Crippen molar-refractivity contribution in [2.75, 3.05) is 51.3 Å². The van der Waals surface area contributed by atoms with Crippen LogP contribution in [-0.4, -0.2) is 67.2 Å². The minimum absolute atomic E-state index is 0.293. The van der Waals surface area contributed by atoms with Crippen molar-refractivity contribution in [2.45, 2.75) is 6.42 Å². The van der Waals surface area contributed by atoms with E-state index in [0.717, 1.165) is 56.8 Å². The number of hydrogen-bond donors (Lipinski definition) is 1. The van der Waals surface area contributed by atoms with Crippen molar-refractivity contribution in [2.24, 2.45) is 4.99 Å². The van der Waals surface area contributed by atoms with Gasteiger partial charge in [-0.3, -0.25) is 4.99 Å². The van der Waals surface area contributed by atoms with Gasteiger partial charge in [0.15, 0.2) is 5.96 Å². The summed E-state index contributed by atoms with van der Waals surface area (Å²) in [7, 11) is 1.83. The molecule has 0 bridgehead atoms. The Morgan fingerprint density at radius 1 is 1.18 bits per heavy atom. The molecule has 0 unspecified atom stereocenters. The van der Waals surface area contributed by atoms with E-state index in [0.29, 0.717) is 6.61 Å². The third-order valence-electron chi connectivity index (χ3n) is 4.57. The maximum Gasteiger partial charge on any atom is 0.225 e. The lowest BCUT2D eigenvalue weighted by molar-refractivity contribution is 0.369. The minimum atomic E-state index is 0.293. The maximum absolute atomic E-state index is 5.40. The Labute approximate surface area is 166 Å². The number of nitrogens with one attached hydrogen (secondary N) is 1.